The number of hydrogen-bond acceptors (Lipinski definition) is 5. The van der Waals surface area contributed by atoms with E-state index in [1.807, 2.05) is 37.3 Å². The number of hydrogen-bond donors (Lipinski definition) is 3. The van der Waals surface area contributed by atoms with Gasteiger partial charge in [-0.25, -0.2) is 9.18 Å². The Balaban J connectivity index is 1.55. The molecule has 0 aliphatic carbocycles. The van der Waals surface area contributed by atoms with Gasteiger partial charge in [-0.15, -0.1) is 0 Å². The number of halogens is 1. The van der Waals surface area contributed by atoms with Gasteiger partial charge in [0.15, 0.2) is 0 Å². The van der Waals surface area contributed by atoms with Gasteiger partial charge >= 0.3 is 6.03 Å². The standard InChI is InChI=1S/C32H37FN4O5/c1-21-18-37(22(2)20-38)31(40)17-24-16-27(34-30(39)15-23-7-5-4-6-8-23)13-14-28(24)42-29(21)19-36(3)32(41)35-26-11-9-25(33)10-12-26/h4-14,16,21-22,29,38H,15,17-20H2,1-3H3,(H,34,39)(H,35,41)/t21-,22+,29+/m0/s1. The number of nitrogens with one attached hydrogen (secondary N) is 2. The zero-order chi connectivity index (χ0) is 30.2. The number of ether oxygens (including phenoxy) is 1. The van der Waals surface area contributed by atoms with Gasteiger partial charge in [0.25, 0.3) is 0 Å². The third kappa shape index (κ3) is 8.07. The molecule has 0 bridgehead atoms. The van der Waals surface area contributed by atoms with Gasteiger partial charge < -0.3 is 30.3 Å². The molecule has 42 heavy (non-hydrogen) atoms. The van der Waals surface area contributed by atoms with E-state index in [9.17, 15) is 23.9 Å². The van der Waals surface area contributed by atoms with E-state index in [1.54, 1.807) is 37.1 Å². The summed E-state index contributed by atoms with van der Waals surface area (Å²) in [4.78, 5) is 42.2. The van der Waals surface area contributed by atoms with Crippen LogP contribution in [0.5, 0.6) is 5.75 Å². The van der Waals surface area contributed by atoms with Gasteiger partial charge in [-0.3, -0.25) is 9.59 Å². The van der Waals surface area contributed by atoms with Crippen molar-refractivity contribution in [1.82, 2.24) is 9.80 Å². The molecule has 1 heterocycles. The first-order chi connectivity index (χ1) is 20.1. The van der Waals surface area contributed by atoms with E-state index in [-0.39, 0.29) is 43.7 Å². The molecule has 3 atom stereocenters. The molecule has 0 aromatic heterocycles. The minimum atomic E-state index is -0.509. The van der Waals surface area contributed by atoms with E-state index in [4.69, 9.17) is 4.74 Å². The highest BCUT2D eigenvalue weighted by atomic mass is 19.1. The Morgan fingerprint density at radius 3 is 2.45 bits per heavy atom. The lowest BCUT2D eigenvalue weighted by Gasteiger charge is -2.34. The molecule has 0 unspecified atom stereocenters. The maximum atomic E-state index is 13.4. The van der Waals surface area contributed by atoms with Crippen molar-refractivity contribution < 1.29 is 28.6 Å². The number of aliphatic hydroxyl groups is 1. The number of carbonyl (C=O) groups is 3. The van der Waals surface area contributed by atoms with Crippen LogP contribution in [0.15, 0.2) is 72.8 Å². The number of urea groups is 1. The van der Waals surface area contributed by atoms with Crippen molar-refractivity contribution in [3.05, 3.63) is 89.7 Å². The maximum Gasteiger partial charge on any atom is 0.321 e. The number of aliphatic hydroxyl groups excluding tert-OH is 1. The molecule has 1 aliphatic heterocycles. The monoisotopic (exact) mass is 576 g/mol. The van der Waals surface area contributed by atoms with Crippen LogP contribution in [-0.2, 0) is 22.4 Å². The zero-order valence-electron chi connectivity index (χ0n) is 24.0. The van der Waals surface area contributed by atoms with Crippen LogP contribution in [0, 0.1) is 11.7 Å². The highest BCUT2D eigenvalue weighted by Crippen LogP contribution is 2.29. The number of likely N-dealkylation sites (N-methyl/N-ethyl adjacent to an activating group) is 1. The Hall–Kier alpha value is -4.44. The normalized spacial score (nSPS) is 17.5. The van der Waals surface area contributed by atoms with Crippen LogP contribution in [-0.4, -0.2) is 71.6 Å². The predicted octanol–water partition coefficient (Wildman–Crippen LogP) is 4.32. The van der Waals surface area contributed by atoms with Gasteiger partial charge in [-0.2, -0.15) is 0 Å². The van der Waals surface area contributed by atoms with E-state index >= 15 is 0 Å². The first kappa shape index (κ1) is 30.5. The molecule has 0 radical (unpaired) electrons. The summed E-state index contributed by atoms with van der Waals surface area (Å²) in [6, 6.07) is 19.3. The summed E-state index contributed by atoms with van der Waals surface area (Å²) in [5.74, 6) is -0.494. The molecule has 0 saturated carbocycles. The number of rotatable bonds is 8. The first-order valence-corrected chi connectivity index (χ1v) is 13.9. The SMILES string of the molecule is C[C@H](CO)N1C[C@H](C)[C@@H](CN(C)C(=O)Nc2ccc(F)cc2)Oc2ccc(NC(=O)Cc3ccccc3)cc2CC1=O. The minimum absolute atomic E-state index is 0.0163. The third-order valence-electron chi connectivity index (χ3n) is 7.30. The van der Waals surface area contributed by atoms with Gasteiger partial charge in [0.1, 0.15) is 17.7 Å². The second-order valence-corrected chi connectivity index (χ2v) is 10.7. The molecule has 9 nitrogen and oxygen atoms in total. The fraction of sp³-hybridized carbons (Fsp3) is 0.344. The summed E-state index contributed by atoms with van der Waals surface area (Å²) in [6.07, 6.45) is -0.283. The number of anilines is 2. The molecule has 4 rings (SSSR count). The van der Waals surface area contributed by atoms with Crippen molar-refractivity contribution in [2.75, 3.05) is 37.4 Å². The second kappa shape index (κ2) is 14.0. The predicted molar refractivity (Wildman–Crippen MR) is 159 cm³/mol. The second-order valence-electron chi connectivity index (χ2n) is 10.7. The zero-order valence-corrected chi connectivity index (χ0v) is 24.0. The Kier molecular flexibility index (Phi) is 10.1. The van der Waals surface area contributed by atoms with E-state index in [1.165, 1.54) is 29.2 Å². The Morgan fingerprint density at radius 1 is 1.07 bits per heavy atom. The van der Waals surface area contributed by atoms with Crippen LogP contribution in [0.3, 0.4) is 0 Å². The molecule has 3 aromatic carbocycles. The smallest absolute Gasteiger partial charge is 0.321 e. The largest absolute Gasteiger partial charge is 0.488 e. The fourth-order valence-corrected chi connectivity index (χ4v) is 4.82. The molecule has 10 heteroatoms. The Labute approximate surface area is 245 Å². The summed E-state index contributed by atoms with van der Waals surface area (Å²) in [5, 5.41) is 15.5. The lowest BCUT2D eigenvalue weighted by molar-refractivity contribution is -0.134. The van der Waals surface area contributed by atoms with Crippen LogP contribution < -0.4 is 15.4 Å². The van der Waals surface area contributed by atoms with Crippen molar-refractivity contribution in [2.24, 2.45) is 5.92 Å². The summed E-state index contributed by atoms with van der Waals surface area (Å²) < 4.78 is 19.7. The van der Waals surface area contributed by atoms with Crippen molar-refractivity contribution in [1.29, 1.82) is 0 Å². The maximum absolute atomic E-state index is 13.4. The Bertz CT molecular complexity index is 1390. The Morgan fingerprint density at radius 2 is 1.76 bits per heavy atom. The number of carbonyl (C=O) groups excluding carboxylic acids is 3. The molecule has 222 valence electrons. The number of nitrogens with zero attached hydrogens (tertiary/aromatic N) is 2. The lowest BCUT2D eigenvalue weighted by Crippen LogP contribution is -2.48. The lowest BCUT2D eigenvalue weighted by atomic mass is 10.0. The average Bonchev–Trinajstić information content (AvgIpc) is 3.01. The van der Waals surface area contributed by atoms with Crippen LogP contribution in [0.2, 0.25) is 0 Å². The molecular formula is C32H37FN4O5. The van der Waals surface area contributed by atoms with E-state index < -0.39 is 24.0 Å². The molecule has 4 amide bonds. The topological polar surface area (TPSA) is 111 Å². The summed E-state index contributed by atoms with van der Waals surface area (Å²) in [6.45, 7) is 4.02. The number of benzene rings is 3. The first-order valence-electron chi connectivity index (χ1n) is 13.9. The van der Waals surface area contributed by atoms with Gasteiger partial charge in [-0.1, -0.05) is 37.3 Å². The highest BCUT2D eigenvalue weighted by Gasteiger charge is 2.32. The van der Waals surface area contributed by atoms with Gasteiger partial charge in [0, 0.05) is 36.4 Å². The van der Waals surface area contributed by atoms with Crippen LogP contribution in [0.1, 0.15) is 25.0 Å². The summed E-state index contributed by atoms with van der Waals surface area (Å²) in [5.41, 5.74) is 2.46. The number of amides is 4. The van der Waals surface area contributed by atoms with Crippen molar-refractivity contribution in [3.63, 3.8) is 0 Å². The van der Waals surface area contributed by atoms with E-state index in [0.717, 1.165) is 5.56 Å². The molecule has 3 N–H and O–H groups in total. The molecule has 0 saturated heterocycles. The van der Waals surface area contributed by atoms with E-state index in [0.29, 0.717) is 29.2 Å². The van der Waals surface area contributed by atoms with Gasteiger partial charge in [0.2, 0.25) is 11.8 Å². The van der Waals surface area contributed by atoms with E-state index in [2.05, 4.69) is 10.6 Å². The molecular weight excluding hydrogens is 539 g/mol. The molecule has 0 fully saturated rings. The highest BCUT2D eigenvalue weighted by molar-refractivity contribution is 5.93. The van der Waals surface area contributed by atoms with Crippen LogP contribution >= 0.6 is 0 Å². The third-order valence-corrected chi connectivity index (χ3v) is 7.30. The van der Waals surface area contributed by atoms with Crippen molar-refractivity contribution in [2.45, 2.75) is 38.8 Å². The quantitative estimate of drug-likeness (QED) is 0.370. The van der Waals surface area contributed by atoms with Crippen molar-refractivity contribution in [3.8, 4) is 5.75 Å². The van der Waals surface area contributed by atoms with Gasteiger partial charge in [0.05, 0.1) is 32.0 Å². The number of fused-ring (bicyclic) bond motifs is 1. The van der Waals surface area contributed by atoms with Gasteiger partial charge in [-0.05, 0) is 55.0 Å². The average molecular weight is 577 g/mol. The van der Waals surface area contributed by atoms with Crippen LogP contribution in [0.25, 0.3) is 0 Å². The molecule has 1 aliphatic rings. The summed E-state index contributed by atoms with van der Waals surface area (Å²) >= 11 is 0. The van der Waals surface area contributed by atoms with Crippen molar-refractivity contribution >= 4 is 29.2 Å². The minimum Gasteiger partial charge on any atom is -0.488 e. The summed E-state index contributed by atoms with van der Waals surface area (Å²) in [7, 11) is 1.63. The molecule has 3 aromatic rings. The molecule has 0 spiro atoms. The van der Waals surface area contributed by atoms with Crippen LogP contribution in [0.4, 0.5) is 20.6 Å². The fourth-order valence-electron chi connectivity index (χ4n) is 4.82.